The lowest BCUT2D eigenvalue weighted by atomic mass is 9.89. The lowest BCUT2D eigenvalue weighted by Crippen LogP contribution is -2.50. The van der Waals surface area contributed by atoms with Gasteiger partial charge in [-0.2, -0.15) is 0 Å². The molecular weight excluding hydrogens is 288 g/mol. The van der Waals surface area contributed by atoms with E-state index in [1.165, 1.54) is 0 Å². The van der Waals surface area contributed by atoms with Crippen LogP contribution in [-0.4, -0.2) is 62.9 Å². The van der Waals surface area contributed by atoms with E-state index in [0.29, 0.717) is 19.8 Å². The van der Waals surface area contributed by atoms with E-state index >= 15 is 0 Å². The summed E-state index contributed by atoms with van der Waals surface area (Å²) in [5.74, 6) is 0. The van der Waals surface area contributed by atoms with E-state index in [2.05, 4.69) is 0 Å². The molecule has 6 nitrogen and oxygen atoms in total. The third-order valence-corrected chi connectivity index (χ3v) is 4.05. The Kier molecular flexibility index (Phi) is 6.80. The van der Waals surface area contributed by atoms with Crippen LogP contribution in [0.4, 0.5) is 0 Å². The van der Waals surface area contributed by atoms with Crippen LogP contribution in [0.25, 0.3) is 0 Å². The topological polar surface area (TPSA) is 77.4 Å². The molecule has 0 aromatic carbocycles. The highest BCUT2D eigenvalue weighted by Crippen LogP contribution is 2.33. The van der Waals surface area contributed by atoms with E-state index in [0.717, 1.165) is 0 Å². The van der Waals surface area contributed by atoms with Crippen molar-refractivity contribution in [3.05, 3.63) is 0 Å². The van der Waals surface area contributed by atoms with Gasteiger partial charge in [-0.15, -0.1) is 0 Å². The number of ether oxygens (including phenoxy) is 4. The first kappa shape index (κ1) is 19.8. The molecule has 132 valence electrons. The lowest BCUT2D eigenvalue weighted by molar-refractivity contribution is -0.289. The van der Waals surface area contributed by atoms with Crippen LogP contribution in [0, 0.1) is 16.2 Å². The summed E-state index contributed by atoms with van der Waals surface area (Å²) in [7, 11) is 1.57. The Labute approximate surface area is 133 Å². The fraction of sp³-hybridized carbons (Fsp3) is 1.00. The fourth-order valence-corrected chi connectivity index (χ4v) is 2.22. The molecule has 1 rings (SSSR count). The van der Waals surface area contributed by atoms with Gasteiger partial charge in [-0.05, 0) is 0 Å². The molecule has 1 saturated heterocycles. The van der Waals surface area contributed by atoms with Crippen LogP contribution in [0.15, 0.2) is 0 Å². The SMILES string of the molecule is COC(OCC1(C)COC(C(C)(C)CO)OC1)C(C)(C)CO. The quantitative estimate of drug-likeness (QED) is 0.658. The van der Waals surface area contributed by atoms with Gasteiger partial charge in [0.15, 0.2) is 12.6 Å². The molecule has 1 unspecified atom stereocenters. The third-order valence-electron chi connectivity index (χ3n) is 4.05. The standard InChI is InChI=1S/C16H32O6/c1-14(2,7-17)12(19-6)20-9-16(5)10-21-13(22-11-16)15(3,4)8-18/h12-13,17-18H,7-11H2,1-6H3. The number of methoxy groups -OCH3 is 1. The first-order chi connectivity index (χ1) is 10.1. The van der Waals surface area contributed by atoms with Crippen LogP contribution in [0.1, 0.15) is 34.6 Å². The van der Waals surface area contributed by atoms with Gasteiger partial charge in [-0.3, -0.25) is 0 Å². The van der Waals surface area contributed by atoms with Crippen molar-refractivity contribution < 1.29 is 29.2 Å². The van der Waals surface area contributed by atoms with Crippen molar-refractivity contribution in [2.75, 3.05) is 40.1 Å². The highest BCUT2D eigenvalue weighted by molar-refractivity contribution is 4.82. The van der Waals surface area contributed by atoms with Crippen LogP contribution in [0.2, 0.25) is 0 Å². The van der Waals surface area contributed by atoms with Gasteiger partial charge in [0.25, 0.3) is 0 Å². The molecule has 1 fully saturated rings. The third kappa shape index (κ3) is 4.88. The average Bonchev–Trinajstić information content (AvgIpc) is 2.48. The predicted molar refractivity (Wildman–Crippen MR) is 82.3 cm³/mol. The summed E-state index contributed by atoms with van der Waals surface area (Å²) in [6.45, 7) is 10.9. The summed E-state index contributed by atoms with van der Waals surface area (Å²) in [6.07, 6.45) is -0.918. The Morgan fingerprint density at radius 1 is 1.14 bits per heavy atom. The van der Waals surface area contributed by atoms with E-state index in [1.807, 2.05) is 34.6 Å². The van der Waals surface area contributed by atoms with Crippen molar-refractivity contribution in [1.82, 2.24) is 0 Å². The molecule has 1 aliphatic heterocycles. The van der Waals surface area contributed by atoms with Gasteiger partial charge in [0, 0.05) is 23.4 Å². The van der Waals surface area contributed by atoms with Crippen molar-refractivity contribution in [2.45, 2.75) is 47.2 Å². The molecule has 6 heteroatoms. The molecular formula is C16H32O6. The molecule has 0 bridgehead atoms. The Morgan fingerprint density at radius 2 is 1.68 bits per heavy atom. The summed E-state index contributed by atoms with van der Waals surface area (Å²) in [5.41, 5.74) is -1.20. The first-order valence-corrected chi connectivity index (χ1v) is 7.69. The Balaban J connectivity index is 2.54. The van der Waals surface area contributed by atoms with Crippen LogP contribution in [0.5, 0.6) is 0 Å². The molecule has 0 aromatic rings. The predicted octanol–water partition coefficient (Wildman–Crippen LogP) is 1.39. The summed E-state index contributed by atoms with van der Waals surface area (Å²) in [4.78, 5) is 0. The van der Waals surface area contributed by atoms with Crippen molar-refractivity contribution >= 4 is 0 Å². The average molecular weight is 320 g/mol. The minimum atomic E-state index is -0.499. The largest absolute Gasteiger partial charge is 0.396 e. The number of hydrogen-bond acceptors (Lipinski definition) is 6. The summed E-state index contributed by atoms with van der Waals surface area (Å²) < 4.78 is 22.7. The molecule has 0 amide bonds. The monoisotopic (exact) mass is 320 g/mol. The van der Waals surface area contributed by atoms with Gasteiger partial charge in [0.2, 0.25) is 0 Å². The van der Waals surface area contributed by atoms with E-state index < -0.39 is 23.4 Å². The van der Waals surface area contributed by atoms with Crippen molar-refractivity contribution in [2.24, 2.45) is 16.2 Å². The smallest absolute Gasteiger partial charge is 0.164 e. The molecule has 22 heavy (non-hydrogen) atoms. The number of aliphatic hydroxyl groups excluding tert-OH is 2. The highest BCUT2D eigenvalue weighted by Gasteiger charge is 2.41. The Hall–Kier alpha value is -0.240. The molecule has 1 aliphatic rings. The summed E-state index contributed by atoms with van der Waals surface area (Å²) in [5, 5.41) is 18.8. The zero-order valence-electron chi connectivity index (χ0n) is 14.7. The zero-order valence-corrected chi connectivity index (χ0v) is 14.7. The maximum Gasteiger partial charge on any atom is 0.164 e. The number of aliphatic hydroxyl groups is 2. The second-order valence-electron chi connectivity index (χ2n) is 7.94. The van der Waals surface area contributed by atoms with Gasteiger partial charge >= 0.3 is 0 Å². The number of hydrogen-bond donors (Lipinski definition) is 2. The zero-order chi connectivity index (χ0) is 17.0. The Bertz CT molecular complexity index is 334. The van der Waals surface area contributed by atoms with E-state index in [1.54, 1.807) is 7.11 Å². The molecule has 1 heterocycles. The van der Waals surface area contributed by atoms with Crippen molar-refractivity contribution in [3.8, 4) is 0 Å². The second-order valence-corrected chi connectivity index (χ2v) is 7.94. The minimum Gasteiger partial charge on any atom is -0.396 e. The molecule has 2 N–H and O–H groups in total. The number of rotatable bonds is 8. The van der Waals surface area contributed by atoms with Gasteiger partial charge in [0.1, 0.15) is 0 Å². The molecule has 0 aliphatic carbocycles. The molecule has 0 aromatic heterocycles. The van der Waals surface area contributed by atoms with Crippen LogP contribution in [-0.2, 0) is 18.9 Å². The first-order valence-electron chi connectivity index (χ1n) is 7.69. The van der Waals surface area contributed by atoms with E-state index in [4.69, 9.17) is 18.9 Å². The highest BCUT2D eigenvalue weighted by atomic mass is 16.7. The minimum absolute atomic E-state index is 0.00131. The van der Waals surface area contributed by atoms with Gasteiger partial charge in [0.05, 0.1) is 33.0 Å². The second kappa shape index (κ2) is 7.55. The lowest BCUT2D eigenvalue weighted by Gasteiger charge is -2.43. The van der Waals surface area contributed by atoms with Crippen LogP contribution < -0.4 is 0 Å². The summed E-state index contributed by atoms with van der Waals surface area (Å²) in [6, 6.07) is 0. The van der Waals surface area contributed by atoms with E-state index in [9.17, 15) is 10.2 Å². The maximum atomic E-state index is 9.42. The molecule has 0 saturated carbocycles. The Morgan fingerprint density at radius 3 is 2.09 bits per heavy atom. The van der Waals surface area contributed by atoms with Crippen LogP contribution in [0.3, 0.4) is 0 Å². The van der Waals surface area contributed by atoms with Crippen molar-refractivity contribution in [3.63, 3.8) is 0 Å². The van der Waals surface area contributed by atoms with Gasteiger partial charge < -0.3 is 29.2 Å². The molecule has 1 atom stereocenters. The normalized spacial score (nSPS) is 28.6. The fourth-order valence-electron chi connectivity index (χ4n) is 2.22. The van der Waals surface area contributed by atoms with Gasteiger partial charge in [-0.25, -0.2) is 0 Å². The maximum absolute atomic E-state index is 9.42. The molecule has 0 radical (unpaired) electrons. The molecule has 0 spiro atoms. The van der Waals surface area contributed by atoms with Gasteiger partial charge in [-0.1, -0.05) is 34.6 Å². The van der Waals surface area contributed by atoms with E-state index in [-0.39, 0.29) is 18.6 Å². The van der Waals surface area contributed by atoms with Crippen molar-refractivity contribution in [1.29, 1.82) is 0 Å². The van der Waals surface area contributed by atoms with Crippen LogP contribution >= 0.6 is 0 Å². The summed E-state index contributed by atoms with van der Waals surface area (Å²) >= 11 is 0.